The van der Waals surface area contributed by atoms with Gasteiger partial charge in [-0.2, -0.15) is 0 Å². The standard InChI is InChI=1S/C18H21BrO5S/c1-11(2)9-25(23,24)10-12-8-13(19)6-7-14(12)18(22)17-15(20)4-3-5-16(17)21/h6-8,11,17H,3-5,9-10H2,1-2H3. The van der Waals surface area contributed by atoms with Gasteiger partial charge in [-0.25, -0.2) is 8.42 Å². The summed E-state index contributed by atoms with van der Waals surface area (Å²) < 4.78 is 25.3. The normalized spacial score (nSPS) is 16.5. The molecule has 0 heterocycles. The van der Waals surface area contributed by atoms with Gasteiger partial charge in [-0.05, 0) is 36.1 Å². The average molecular weight is 429 g/mol. The monoisotopic (exact) mass is 428 g/mol. The maximum atomic E-state index is 12.8. The predicted molar refractivity (Wildman–Crippen MR) is 98.2 cm³/mol. The quantitative estimate of drug-likeness (QED) is 0.512. The third-order valence-electron chi connectivity index (χ3n) is 4.05. The highest BCUT2D eigenvalue weighted by Crippen LogP contribution is 2.26. The van der Waals surface area contributed by atoms with Crippen LogP contribution in [0.15, 0.2) is 22.7 Å². The maximum Gasteiger partial charge on any atom is 0.181 e. The Hall–Kier alpha value is -1.34. The van der Waals surface area contributed by atoms with Gasteiger partial charge >= 0.3 is 0 Å². The van der Waals surface area contributed by atoms with Crippen LogP contribution in [0.4, 0.5) is 0 Å². The number of rotatable bonds is 6. The fourth-order valence-corrected chi connectivity index (χ4v) is 5.33. The number of carbonyl (C=O) groups is 3. The smallest absolute Gasteiger partial charge is 0.181 e. The second kappa shape index (κ2) is 7.91. The number of carbonyl (C=O) groups excluding carboxylic acids is 3. The molecule has 1 aliphatic carbocycles. The summed E-state index contributed by atoms with van der Waals surface area (Å²) in [5.41, 5.74) is 0.468. The topological polar surface area (TPSA) is 85.3 Å². The predicted octanol–water partition coefficient (Wildman–Crippen LogP) is 3.14. The molecule has 1 saturated carbocycles. The first-order chi connectivity index (χ1) is 11.6. The van der Waals surface area contributed by atoms with E-state index in [4.69, 9.17) is 0 Å². The molecule has 0 saturated heterocycles. The van der Waals surface area contributed by atoms with Crippen LogP contribution in [0, 0.1) is 11.8 Å². The summed E-state index contributed by atoms with van der Waals surface area (Å²) in [5, 5.41) is 0. The van der Waals surface area contributed by atoms with Crippen molar-refractivity contribution in [3.63, 3.8) is 0 Å². The van der Waals surface area contributed by atoms with Gasteiger partial charge in [0.25, 0.3) is 0 Å². The second-order valence-electron chi connectivity index (χ2n) is 6.83. The summed E-state index contributed by atoms with van der Waals surface area (Å²) >= 11 is 3.28. The SMILES string of the molecule is CC(C)CS(=O)(=O)Cc1cc(Br)ccc1C(=O)C1C(=O)CCCC1=O. The molecule has 7 heteroatoms. The van der Waals surface area contributed by atoms with Gasteiger partial charge in [0.1, 0.15) is 5.92 Å². The summed E-state index contributed by atoms with van der Waals surface area (Å²) in [6, 6.07) is 4.67. The van der Waals surface area contributed by atoms with Crippen LogP contribution in [0.1, 0.15) is 49.0 Å². The Bertz CT molecular complexity index is 795. The van der Waals surface area contributed by atoms with Crippen LogP contribution in [0.3, 0.4) is 0 Å². The molecule has 0 aliphatic heterocycles. The molecule has 1 aromatic rings. The number of benzene rings is 1. The van der Waals surface area contributed by atoms with Crippen LogP contribution in [-0.2, 0) is 25.2 Å². The highest BCUT2D eigenvalue weighted by molar-refractivity contribution is 9.10. The molecule has 136 valence electrons. The molecule has 2 rings (SSSR count). The van der Waals surface area contributed by atoms with Crippen LogP contribution in [0.2, 0.25) is 0 Å². The van der Waals surface area contributed by atoms with E-state index >= 15 is 0 Å². The summed E-state index contributed by atoms with van der Waals surface area (Å²) in [6.07, 6.45) is 0.886. The number of ketones is 3. The fourth-order valence-electron chi connectivity index (χ4n) is 3.08. The molecule has 0 atom stereocenters. The molecule has 1 fully saturated rings. The highest BCUT2D eigenvalue weighted by Gasteiger charge is 2.37. The molecular formula is C18H21BrO5S. The summed E-state index contributed by atoms with van der Waals surface area (Å²) in [4.78, 5) is 36.9. The molecule has 0 amide bonds. The van der Waals surface area contributed by atoms with Gasteiger partial charge in [0, 0.05) is 22.9 Å². The van der Waals surface area contributed by atoms with Gasteiger partial charge in [0.15, 0.2) is 27.2 Å². The Morgan fingerprint density at radius 1 is 1.20 bits per heavy atom. The lowest BCUT2D eigenvalue weighted by Gasteiger charge is -2.20. The van der Waals surface area contributed by atoms with E-state index in [9.17, 15) is 22.8 Å². The zero-order chi connectivity index (χ0) is 18.8. The zero-order valence-corrected chi connectivity index (χ0v) is 16.7. The molecule has 0 bridgehead atoms. The van der Waals surface area contributed by atoms with E-state index in [1.54, 1.807) is 12.1 Å². The molecule has 0 aromatic heterocycles. The van der Waals surface area contributed by atoms with Crippen LogP contribution in [-0.4, -0.2) is 31.5 Å². The molecular weight excluding hydrogens is 408 g/mol. The summed E-state index contributed by atoms with van der Waals surface area (Å²) in [7, 11) is -3.41. The van der Waals surface area contributed by atoms with Crippen LogP contribution < -0.4 is 0 Å². The number of hydrogen-bond acceptors (Lipinski definition) is 5. The molecule has 1 aliphatic rings. The molecule has 0 spiro atoms. The van der Waals surface area contributed by atoms with Crippen molar-refractivity contribution in [2.45, 2.75) is 38.9 Å². The fraction of sp³-hybridized carbons (Fsp3) is 0.500. The first-order valence-corrected chi connectivity index (χ1v) is 10.8. The Morgan fingerprint density at radius 2 is 1.80 bits per heavy atom. The maximum absolute atomic E-state index is 12.8. The second-order valence-corrected chi connectivity index (χ2v) is 9.86. The highest BCUT2D eigenvalue weighted by atomic mass is 79.9. The van der Waals surface area contributed by atoms with E-state index < -0.39 is 21.5 Å². The molecule has 1 aromatic carbocycles. The Balaban J connectivity index is 2.40. The van der Waals surface area contributed by atoms with Crippen molar-refractivity contribution in [2.24, 2.45) is 11.8 Å². The van der Waals surface area contributed by atoms with E-state index in [2.05, 4.69) is 15.9 Å². The van der Waals surface area contributed by atoms with E-state index in [-0.39, 0.29) is 47.4 Å². The number of sulfone groups is 1. The minimum Gasteiger partial charge on any atom is -0.298 e. The van der Waals surface area contributed by atoms with E-state index in [1.165, 1.54) is 6.07 Å². The van der Waals surface area contributed by atoms with Gasteiger partial charge in [-0.15, -0.1) is 0 Å². The van der Waals surface area contributed by atoms with Crippen molar-refractivity contribution in [1.29, 1.82) is 0 Å². The molecule has 0 N–H and O–H groups in total. The van der Waals surface area contributed by atoms with Crippen molar-refractivity contribution in [3.05, 3.63) is 33.8 Å². The minimum absolute atomic E-state index is 0.00837. The Morgan fingerprint density at radius 3 is 2.36 bits per heavy atom. The lowest BCUT2D eigenvalue weighted by molar-refractivity contribution is -0.133. The molecule has 5 nitrogen and oxygen atoms in total. The lowest BCUT2D eigenvalue weighted by Crippen LogP contribution is -2.35. The number of Topliss-reactive ketones (excluding diaryl/α,β-unsaturated/α-hetero) is 3. The van der Waals surface area contributed by atoms with Crippen molar-refractivity contribution < 1.29 is 22.8 Å². The van der Waals surface area contributed by atoms with Crippen molar-refractivity contribution in [2.75, 3.05) is 5.75 Å². The first-order valence-electron chi connectivity index (χ1n) is 8.19. The third kappa shape index (κ3) is 5.07. The van der Waals surface area contributed by atoms with Crippen LogP contribution >= 0.6 is 15.9 Å². The van der Waals surface area contributed by atoms with Crippen molar-refractivity contribution in [3.8, 4) is 0 Å². The van der Waals surface area contributed by atoms with Crippen LogP contribution in [0.5, 0.6) is 0 Å². The van der Waals surface area contributed by atoms with Gasteiger partial charge in [0.2, 0.25) is 0 Å². The average Bonchev–Trinajstić information content (AvgIpc) is 2.44. The molecule has 0 radical (unpaired) electrons. The van der Waals surface area contributed by atoms with Gasteiger partial charge in [-0.3, -0.25) is 14.4 Å². The Labute approximate surface area is 156 Å². The van der Waals surface area contributed by atoms with E-state index in [0.717, 1.165) is 0 Å². The van der Waals surface area contributed by atoms with E-state index in [0.29, 0.717) is 16.5 Å². The van der Waals surface area contributed by atoms with Gasteiger partial charge < -0.3 is 0 Å². The largest absolute Gasteiger partial charge is 0.298 e. The van der Waals surface area contributed by atoms with Gasteiger partial charge in [0.05, 0.1) is 11.5 Å². The van der Waals surface area contributed by atoms with Crippen LogP contribution in [0.25, 0.3) is 0 Å². The minimum atomic E-state index is -3.41. The molecule has 0 unspecified atom stereocenters. The molecule has 25 heavy (non-hydrogen) atoms. The lowest BCUT2D eigenvalue weighted by atomic mass is 9.81. The Kier molecular flexibility index (Phi) is 6.32. The van der Waals surface area contributed by atoms with E-state index in [1.807, 2.05) is 13.8 Å². The first kappa shape index (κ1) is 20.0. The number of hydrogen-bond donors (Lipinski definition) is 0. The number of halogens is 1. The van der Waals surface area contributed by atoms with Crippen molar-refractivity contribution in [1.82, 2.24) is 0 Å². The van der Waals surface area contributed by atoms with Gasteiger partial charge in [-0.1, -0.05) is 29.8 Å². The summed E-state index contributed by atoms with van der Waals surface area (Å²) in [6.45, 7) is 3.62. The van der Waals surface area contributed by atoms with Crippen molar-refractivity contribution >= 4 is 43.1 Å². The third-order valence-corrected chi connectivity index (χ3v) is 6.47. The summed E-state index contributed by atoms with van der Waals surface area (Å²) in [5.74, 6) is -2.94. The zero-order valence-electron chi connectivity index (χ0n) is 14.2.